The smallest absolute Gasteiger partial charge is 0.214 e. The number of nitrogens with zero attached hydrogens (tertiary/aromatic N) is 1. The highest BCUT2D eigenvalue weighted by atomic mass is 32.2. The van der Waals surface area contributed by atoms with Crippen LogP contribution in [0, 0.1) is 5.82 Å². The van der Waals surface area contributed by atoms with Crippen molar-refractivity contribution in [1.82, 2.24) is 9.97 Å². The summed E-state index contributed by atoms with van der Waals surface area (Å²) in [5.41, 5.74) is 0.817. The Labute approximate surface area is 79.6 Å². The Kier molecular flexibility index (Phi) is 1.83. The van der Waals surface area contributed by atoms with Crippen LogP contribution in [0.15, 0.2) is 23.4 Å². The lowest BCUT2D eigenvalue weighted by Crippen LogP contribution is -1.99. The van der Waals surface area contributed by atoms with E-state index in [1.165, 1.54) is 18.2 Å². The van der Waals surface area contributed by atoms with Crippen LogP contribution in [-0.4, -0.2) is 24.6 Å². The number of benzene rings is 1. The van der Waals surface area contributed by atoms with Gasteiger partial charge >= 0.3 is 0 Å². The van der Waals surface area contributed by atoms with Crippen LogP contribution in [0.1, 0.15) is 0 Å². The van der Waals surface area contributed by atoms with Gasteiger partial charge in [0, 0.05) is 0 Å². The fourth-order valence-corrected chi connectivity index (χ4v) is 1.62. The quantitative estimate of drug-likeness (QED) is 0.702. The maximum absolute atomic E-state index is 12.7. The predicted octanol–water partition coefficient (Wildman–Crippen LogP) is 1.25. The van der Waals surface area contributed by atoms with Gasteiger partial charge < -0.3 is 9.54 Å². The lowest BCUT2D eigenvalue weighted by molar-refractivity contribution is 0.553. The minimum Gasteiger partial charge on any atom is -0.329 e. The first-order valence-electron chi connectivity index (χ1n) is 3.72. The van der Waals surface area contributed by atoms with Crippen LogP contribution in [0.4, 0.5) is 4.39 Å². The highest BCUT2D eigenvalue weighted by molar-refractivity contribution is 7.94. The molecule has 0 bridgehead atoms. The van der Waals surface area contributed by atoms with Gasteiger partial charge in [0.25, 0.3) is 0 Å². The maximum atomic E-state index is 12.7. The maximum Gasteiger partial charge on any atom is 0.214 e. The molecule has 0 fully saturated rings. The molecule has 74 valence electrons. The second kappa shape index (κ2) is 2.79. The summed E-state index contributed by atoms with van der Waals surface area (Å²) in [6.07, 6.45) is 0. The van der Waals surface area contributed by atoms with Crippen LogP contribution in [0.2, 0.25) is 0 Å². The third-order valence-corrected chi connectivity index (χ3v) is 2.52. The largest absolute Gasteiger partial charge is 0.329 e. The van der Waals surface area contributed by atoms with E-state index in [1.807, 2.05) is 0 Å². The fraction of sp³-hybridized carbons (Fsp3) is 0. The topological polar surface area (TPSA) is 66.0 Å². The Hall–Kier alpha value is -1.40. The molecule has 0 spiro atoms. The molecule has 1 heterocycles. The highest BCUT2D eigenvalue weighted by Gasteiger charge is 2.09. The van der Waals surface area contributed by atoms with E-state index in [0.717, 1.165) is 0 Å². The van der Waals surface area contributed by atoms with E-state index in [9.17, 15) is 8.60 Å². The zero-order chi connectivity index (χ0) is 10.3. The summed E-state index contributed by atoms with van der Waals surface area (Å²) in [4.78, 5) is 6.35. The molecule has 0 saturated carbocycles. The van der Waals surface area contributed by atoms with Crippen molar-refractivity contribution in [2.75, 3.05) is 0 Å². The summed E-state index contributed by atoms with van der Waals surface area (Å²) >= 11 is 0. The van der Waals surface area contributed by atoms with Crippen LogP contribution < -0.4 is 0 Å². The second-order valence-corrected chi connectivity index (χ2v) is 4.51. The van der Waals surface area contributed by atoms with Gasteiger partial charge in [-0.3, -0.25) is 0 Å². The van der Waals surface area contributed by atoms with Crippen LogP contribution in [-0.2, 0) is 9.80 Å². The number of hydrogen-bond donors (Lipinski definition) is 2. The fourth-order valence-electron chi connectivity index (χ4n) is 1.11. The molecule has 2 rings (SSSR count). The van der Waals surface area contributed by atoms with Crippen LogP contribution in [0.5, 0.6) is 0 Å². The first-order valence-corrected chi connectivity index (χ1v) is 5.40. The van der Waals surface area contributed by atoms with Gasteiger partial charge in [-0.15, -0.1) is 0 Å². The number of halogens is 1. The van der Waals surface area contributed by atoms with Gasteiger partial charge in [0.15, 0.2) is 0 Å². The molecule has 0 aliphatic heterocycles. The Morgan fingerprint density at radius 1 is 1.57 bits per heavy atom. The lowest BCUT2D eigenvalue weighted by atomic mass is 10.3. The second-order valence-electron chi connectivity index (χ2n) is 2.84. The van der Waals surface area contributed by atoms with Gasteiger partial charge in [-0.05, 0) is 24.1 Å². The number of aromatic nitrogens is 2. The summed E-state index contributed by atoms with van der Waals surface area (Å²) in [6, 6.07) is 3.86. The van der Waals surface area contributed by atoms with Crippen LogP contribution in [0.25, 0.3) is 11.0 Å². The van der Waals surface area contributed by atoms with E-state index < -0.39 is 15.6 Å². The molecule has 1 aromatic heterocycles. The average Bonchev–Trinajstić information content (AvgIpc) is 2.45. The van der Waals surface area contributed by atoms with Gasteiger partial charge in [0.1, 0.15) is 15.6 Å². The molecule has 2 aromatic rings. The molecule has 1 aromatic carbocycles. The number of hydrogen-bond acceptors (Lipinski definition) is 2. The number of rotatable bonds is 1. The molecule has 1 atom stereocenters. The first-order chi connectivity index (χ1) is 6.47. The molecule has 0 aliphatic carbocycles. The van der Waals surface area contributed by atoms with Gasteiger partial charge in [-0.1, -0.05) is 0 Å². The standard InChI is InChI=1S/C8H7FN2O2S/c1-14(12,13)8-10-6-3-2-5(9)4-7(6)11-8/h2-4H,1H2,(H,10,11)(H,12,13). The van der Waals surface area contributed by atoms with Crippen molar-refractivity contribution in [1.29, 1.82) is 0 Å². The molecule has 1 unspecified atom stereocenters. The summed E-state index contributed by atoms with van der Waals surface area (Å²) in [6.45, 7) is 0. The third kappa shape index (κ3) is 1.49. The monoisotopic (exact) mass is 214 g/mol. The van der Waals surface area contributed by atoms with Crippen molar-refractivity contribution in [3.8, 4) is 0 Å². The number of nitrogens with one attached hydrogen (secondary N) is 1. The number of imidazole rings is 1. The summed E-state index contributed by atoms with van der Waals surface area (Å²) in [5.74, 6) is 2.62. The molecule has 0 aliphatic rings. The molecule has 0 saturated heterocycles. The number of H-pyrrole nitrogens is 1. The highest BCUT2D eigenvalue weighted by Crippen LogP contribution is 2.15. The van der Waals surface area contributed by atoms with Gasteiger partial charge in [-0.25, -0.2) is 13.6 Å². The predicted molar refractivity (Wildman–Crippen MR) is 52.2 cm³/mol. The van der Waals surface area contributed by atoms with Crippen molar-refractivity contribution >= 4 is 26.7 Å². The molecule has 2 N–H and O–H groups in total. The van der Waals surface area contributed by atoms with Gasteiger partial charge in [0.05, 0.1) is 11.0 Å². The van der Waals surface area contributed by atoms with E-state index >= 15 is 0 Å². The molecule has 4 nitrogen and oxygen atoms in total. The van der Waals surface area contributed by atoms with E-state index in [4.69, 9.17) is 4.55 Å². The van der Waals surface area contributed by atoms with Crippen molar-refractivity contribution in [3.63, 3.8) is 0 Å². The molecule has 0 amide bonds. The van der Waals surface area contributed by atoms with E-state index in [-0.39, 0.29) is 5.16 Å². The normalized spacial score (nSPS) is 15.6. The molecular formula is C8H7FN2O2S. The zero-order valence-corrected chi connectivity index (χ0v) is 7.84. The molecule has 14 heavy (non-hydrogen) atoms. The van der Waals surface area contributed by atoms with Gasteiger partial charge in [-0.2, -0.15) is 0 Å². The number of aromatic amines is 1. The molecule has 6 heteroatoms. The molecule has 0 radical (unpaired) electrons. The van der Waals surface area contributed by atoms with Gasteiger partial charge in [0.2, 0.25) is 5.16 Å². The summed E-state index contributed by atoms with van der Waals surface area (Å²) < 4.78 is 32.9. The van der Waals surface area contributed by atoms with Crippen LogP contribution in [0.3, 0.4) is 0 Å². The van der Waals surface area contributed by atoms with E-state index in [1.54, 1.807) is 0 Å². The first kappa shape index (κ1) is 9.17. The lowest BCUT2D eigenvalue weighted by Gasteiger charge is -1.92. The van der Waals surface area contributed by atoms with Crippen molar-refractivity contribution < 1.29 is 13.2 Å². The summed E-state index contributed by atoms with van der Waals surface area (Å²) in [5, 5.41) is -0.141. The van der Waals surface area contributed by atoms with E-state index in [2.05, 4.69) is 15.8 Å². The Morgan fingerprint density at radius 2 is 2.29 bits per heavy atom. The van der Waals surface area contributed by atoms with E-state index in [0.29, 0.717) is 11.0 Å². The van der Waals surface area contributed by atoms with Crippen molar-refractivity contribution in [2.24, 2.45) is 0 Å². The minimum atomic E-state index is -3.37. The molecular weight excluding hydrogens is 207 g/mol. The van der Waals surface area contributed by atoms with Crippen molar-refractivity contribution in [3.05, 3.63) is 24.0 Å². The average molecular weight is 214 g/mol. The van der Waals surface area contributed by atoms with Crippen LogP contribution >= 0.6 is 0 Å². The number of fused-ring (bicyclic) bond motifs is 1. The van der Waals surface area contributed by atoms with Crippen molar-refractivity contribution in [2.45, 2.75) is 5.16 Å². The minimum absolute atomic E-state index is 0.141. The Bertz CT molecular complexity index is 588. The Morgan fingerprint density at radius 3 is 2.93 bits per heavy atom. The third-order valence-electron chi connectivity index (χ3n) is 1.72. The Balaban J connectivity index is 2.75. The summed E-state index contributed by atoms with van der Waals surface area (Å²) in [7, 11) is -3.37. The zero-order valence-electron chi connectivity index (χ0n) is 7.03. The SMILES string of the molecule is C=S(=O)(O)c1nc2ccc(F)cc2[nH]1.